The minimum Gasteiger partial charge on any atom is -0.457 e. The van der Waals surface area contributed by atoms with Gasteiger partial charge < -0.3 is 19.8 Å². The van der Waals surface area contributed by atoms with Crippen molar-refractivity contribution in [1.82, 2.24) is 14.5 Å². The molecule has 1 atom stereocenters. The van der Waals surface area contributed by atoms with Crippen molar-refractivity contribution < 1.29 is 13.9 Å². The third-order valence-electron chi connectivity index (χ3n) is 4.93. The van der Waals surface area contributed by atoms with Gasteiger partial charge in [0, 0.05) is 11.3 Å². The van der Waals surface area contributed by atoms with E-state index in [0.29, 0.717) is 23.9 Å². The molecule has 0 aliphatic carbocycles. The minimum atomic E-state index is -0.299. The Hall–Kier alpha value is -3.45. The average Bonchev–Trinajstić information content (AvgIpc) is 3.23. The molecule has 0 spiro atoms. The molecule has 0 fully saturated rings. The highest BCUT2D eigenvalue weighted by molar-refractivity contribution is 5.91. The number of fused-ring (bicyclic) bond motifs is 3. The third-order valence-corrected chi connectivity index (χ3v) is 4.93. The van der Waals surface area contributed by atoms with Gasteiger partial charge in [0.25, 0.3) is 0 Å². The van der Waals surface area contributed by atoms with Gasteiger partial charge in [0.2, 0.25) is 0 Å². The Morgan fingerprint density at radius 3 is 2.46 bits per heavy atom. The first kappa shape index (κ1) is 16.7. The average molecular weight is 376 g/mol. The second kappa shape index (κ2) is 6.31. The maximum absolute atomic E-state index is 13.0. The molecule has 7 heteroatoms. The summed E-state index contributed by atoms with van der Waals surface area (Å²) in [6.07, 6.45) is 1.43. The maximum atomic E-state index is 13.0. The predicted octanol–water partition coefficient (Wildman–Crippen LogP) is 4.53. The smallest absolute Gasteiger partial charge is 0.151 e. The van der Waals surface area contributed by atoms with Crippen molar-refractivity contribution in [2.24, 2.45) is 0 Å². The molecule has 0 amide bonds. The van der Waals surface area contributed by atoms with E-state index in [1.807, 2.05) is 35.8 Å². The zero-order valence-electron chi connectivity index (χ0n) is 15.1. The summed E-state index contributed by atoms with van der Waals surface area (Å²) >= 11 is 0. The molecule has 0 saturated heterocycles. The Labute approximate surface area is 160 Å². The third kappa shape index (κ3) is 2.59. The van der Waals surface area contributed by atoms with Crippen LogP contribution in [0.3, 0.4) is 0 Å². The van der Waals surface area contributed by atoms with Crippen LogP contribution in [0.15, 0.2) is 54.9 Å². The predicted molar refractivity (Wildman–Crippen MR) is 103 cm³/mol. The van der Waals surface area contributed by atoms with E-state index in [4.69, 9.17) is 15.2 Å². The van der Waals surface area contributed by atoms with Crippen LogP contribution in [-0.4, -0.2) is 14.5 Å². The van der Waals surface area contributed by atoms with E-state index in [0.717, 1.165) is 28.0 Å². The number of ether oxygens (including phenoxy) is 2. The summed E-state index contributed by atoms with van der Waals surface area (Å²) < 4.78 is 26.7. The number of benzene rings is 2. The van der Waals surface area contributed by atoms with Gasteiger partial charge in [0.05, 0.1) is 18.4 Å². The molecular formula is C21H17FN4O2. The monoisotopic (exact) mass is 376 g/mol. The summed E-state index contributed by atoms with van der Waals surface area (Å²) in [4.78, 5) is 8.60. The summed E-state index contributed by atoms with van der Waals surface area (Å²) in [6.45, 7) is 2.49. The topological polar surface area (TPSA) is 75.2 Å². The summed E-state index contributed by atoms with van der Waals surface area (Å²) in [6, 6.07) is 13.5. The van der Waals surface area contributed by atoms with Crippen LogP contribution >= 0.6 is 0 Å². The Bertz CT molecular complexity index is 1170. The van der Waals surface area contributed by atoms with Gasteiger partial charge in [-0.1, -0.05) is 0 Å². The lowest BCUT2D eigenvalue weighted by atomic mass is 10.1. The number of halogens is 1. The number of rotatable bonds is 3. The van der Waals surface area contributed by atoms with E-state index < -0.39 is 0 Å². The number of anilines is 1. The number of aromatic nitrogens is 3. The Balaban J connectivity index is 1.57. The van der Waals surface area contributed by atoms with Gasteiger partial charge >= 0.3 is 0 Å². The SMILES string of the molecule is CC1OCc2c1c1ncnc(N)c1n2-c1ccc(Oc2ccc(F)cc2)cc1. The first-order valence-electron chi connectivity index (χ1n) is 8.91. The molecule has 6 nitrogen and oxygen atoms in total. The largest absolute Gasteiger partial charge is 0.457 e. The van der Waals surface area contributed by atoms with E-state index in [1.165, 1.54) is 18.5 Å². The highest BCUT2D eigenvalue weighted by Gasteiger charge is 2.30. The van der Waals surface area contributed by atoms with Gasteiger partial charge in [-0.15, -0.1) is 0 Å². The van der Waals surface area contributed by atoms with Crippen LogP contribution in [0.4, 0.5) is 10.2 Å². The summed E-state index contributed by atoms with van der Waals surface area (Å²) in [5, 5.41) is 0. The van der Waals surface area contributed by atoms with Crippen molar-refractivity contribution >= 4 is 16.9 Å². The van der Waals surface area contributed by atoms with Gasteiger partial charge in [-0.3, -0.25) is 0 Å². The first-order chi connectivity index (χ1) is 13.6. The molecule has 28 heavy (non-hydrogen) atoms. The van der Waals surface area contributed by atoms with Crippen LogP contribution in [-0.2, 0) is 11.3 Å². The fourth-order valence-corrected chi connectivity index (χ4v) is 3.65. The number of nitrogens with zero attached hydrogens (tertiary/aromatic N) is 3. The van der Waals surface area contributed by atoms with Gasteiger partial charge in [0.15, 0.2) is 5.82 Å². The summed E-state index contributed by atoms with van der Waals surface area (Å²) in [5.74, 6) is 1.35. The molecule has 140 valence electrons. The fraction of sp³-hybridized carbons (Fsp3) is 0.143. The molecule has 4 aromatic rings. The normalized spacial score (nSPS) is 15.7. The molecule has 0 radical (unpaired) electrons. The van der Waals surface area contributed by atoms with Gasteiger partial charge in [-0.05, 0) is 55.5 Å². The molecule has 5 rings (SSSR count). The van der Waals surface area contributed by atoms with Crippen LogP contribution in [0.2, 0.25) is 0 Å². The molecule has 2 aromatic carbocycles. The summed E-state index contributed by atoms with van der Waals surface area (Å²) in [5.41, 5.74) is 10.8. The number of hydrogen-bond acceptors (Lipinski definition) is 5. The Morgan fingerprint density at radius 1 is 1.07 bits per heavy atom. The van der Waals surface area contributed by atoms with Crippen molar-refractivity contribution in [3.63, 3.8) is 0 Å². The molecule has 0 saturated carbocycles. The van der Waals surface area contributed by atoms with E-state index in [-0.39, 0.29) is 11.9 Å². The van der Waals surface area contributed by atoms with Crippen LogP contribution < -0.4 is 10.5 Å². The van der Waals surface area contributed by atoms with E-state index in [9.17, 15) is 4.39 Å². The molecular weight excluding hydrogens is 359 g/mol. The maximum Gasteiger partial charge on any atom is 0.151 e. The second-order valence-corrected chi connectivity index (χ2v) is 6.66. The molecule has 0 bridgehead atoms. The van der Waals surface area contributed by atoms with Crippen LogP contribution in [0.25, 0.3) is 16.7 Å². The number of nitrogens with two attached hydrogens (primary N) is 1. The lowest BCUT2D eigenvalue weighted by molar-refractivity contribution is 0.0783. The minimum absolute atomic E-state index is 0.0471. The van der Waals surface area contributed by atoms with Gasteiger partial charge in [0.1, 0.15) is 34.7 Å². The first-order valence-corrected chi connectivity index (χ1v) is 8.91. The Morgan fingerprint density at radius 2 is 1.75 bits per heavy atom. The van der Waals surface area contributed by atoms with Crippen LogP contribution in [0.5, 0.6) is 11.5 Å². The van der Waals surface area contributed by atoms with Gasteiger partial charge in [-0.2, -0.15) is 0 Å². The summed E-state index contributed by atoms with van der Waals surface area (Å²) in [7, 11) is 0. The lowest BCUT2D eigenvalue weighted by Gasteiger charge is -2.12. The van der Waals surface area contributed by atoms with Crippen LogP contribution in [0.1, 0.15) is 24.3 Å². The van der Waals surface area contributed by atoms with E-state index >= 15 is 0 Å². The molecule has 1 aliphatic heterocycles. The van der Waals surface area contributed by atoms with Crippen molar-refractivity contribution in [2.45, 2.75) is 19.6 Å². The number of nitrogen functional groups attached to an aromatic ring is 1. The highest BCUT2D eigenvalue weighted by Crippen LogP contribution is 2.40. The Kier molecular flexibility index (Phi) is 3.77. The molecule has 3 heterocycles. The standard InChI is InChI=1S/C21H17FN4O2/c1-12-18-17(10-27-12)26(20-19(18)24-11-25-21(20)23)14-4-8-16(9-5-14)28-15-6-2-13(22)3-7-15/h2-9,11-12H,10H2,1H3,(H2,23,24,25). The zero-order valence-corrected chi connectivity index (χ0v) is 15.1. The highest BCUT2D eigenvalue weighted by atomic mass is 19.1. The van der Waals surface area contributed by atoms with Crippen LogP contribution in [0, 0.1) is 5.82 Å². The van der Waals surface area contributed by atoms with E-state index in [1.54, 1.807) is 12.1 Å². The molecule has 2 aromatic heterocycles. The van der Waals surface area contributed by atoms with Crippen molar-refractivity contribution in [3.8, 4) is 17.2 Å². The quantitative estimate of drug-likeness (QED) is 0.569. The van der Waals surface area contributed by atoms with Crippen molar-refractivity contribution in [2.75, 3.05) is 5.73 Å². The lowest BCUT2D eigenvalue weighted by Crippen LogP contribution is -2.03. The van der Waals surface area contributed by atoms with Crippen molar-refractivity contribution in [3.05, 3.63) is 71.9 Å². The fourth-order valence-electron chi connectivity index (χ4n) is 3.65. The van der Waals surface area contributed by atoms with Crippen molar-refractivity contribution in [1.29, 1.82) is 0 Å². The number of hydrogen-bond donors (Lipinski definition) is 1. The van der Waals surface area contributed by atoms with E-state index in [2.05, 4.69) is 9.97 Å². The molecule has 1 aliphatic rings. The van der Waals surface area contributed by atoms with Gasteiger partial charge in [-0.25, -0.2) is 14.4 Å². The zero-order chi connectivity index (χ0) is 19.3. The second-order valence-electron chi connectivity index (χ2n) is 6.66. The molecule has 2 N–H and O–H groups in total. The molecule has 1 unspecified atom stereocenters.